The molecule has 1 fully saturated rings. The van der Waals surface area contributed by atoms with Crippen LogP contribution >= 0.6 is 11.6 Å². The van der Waals surface area contributed by atoms with E-state index in [1.165, 1.54) is 10.4 Å². The SMILES string of the molecule is O=C(NCCCS(=O)(=O)N1CCN(c2ccccc2F)CC1)c1ccc(Cl)cc1. The van der Waals surface area contributed by atoms with E-state index < -0.39 is 10.0 Å². The Kier molecular flexibility index (Phi) is 7.10. The Balaban J connectivity index is 1.44. The van der Waals surface area contributed by atoms with Crippen molar-refractivity contribution >= 4 is 33.2 Å². The van der Waals surface area contributed by atoms with Crippen molar-refractivity contribution in [1.29, 1.82) is 0 Å². The van der Waals surface area contributed by atoms with E-state index in [1.807, 2.05) is 4.90 Å². The molecule has 1 N–H and O–H groups in total. The molecule has 29 heavy (non-hydrogen) atoms. The third-order valence-electron chi connectivity index (χ3n) is 4.80. The summed E-state index contributed by atoms with van der Waals surface area (Å²) in [6.45, 7) is 1.76. The van der Waals surface area contributed by atoms with E-state index in [2.05, 4.69) is 5.32 Å². The summed E-state index contributed by atoms with van der Waals surface area (Å²) in [5, 5.41) is 3.26. The molecule has 0 unspecified atom stereocenters. The van der Waals surface area contributed by atoms with E-state index in [-0.39, 0.29) is 24.0 Å². The first kappa shape index (κ1) is 21.5. The number of halogens is 2. The lowest BCUT2D eigenvalue weighted by atomic mass is 10.2. The quantitative estimate of drug-likeness (QED) is 0.673. The molecule has 0 bridgehead atoms. The van der Waals surface area contributed by atoms with Gasteiger partial charge in [0, 0.05) is 43.3 Å². The summed E-state index contributed by atoms with van der Waals surface area (Å²) in [6.07, 6.45) is 0.315. The van der Waals surface area contributed by atoms with Crippen LogP contribution < -0.4 is 10.2 Å². The molecule has 3 rings (SSSR count). The van der Waals surface area contributed by atoms with Crippen LogP contribution in [-0.4, -0.2) is 57.1 Å². The molecule has 1 amide bonds. The highest BCUT2D eigenvalue weighted by Crippen LogP contribution is 2.21. The number of anilines is 1. The Morgan fingerprint density at radius 1 is 1.03 bits per heavy atom. The summed E-state index contributed by atoms with van der Waals surface area (Å²) >= 11 is 5.79. The van der Waals surface area contributed by atoms with E-state index in [4.69, 9.17) is 11.6 Å². The zero-order valence-electron chi connectivity index (χ0n) is 15.9. The molecule has 1 aliphatic heterocycles. The maximum atomic E-state index is 13.9. The Hall–Kier alpha value is -2.16. The number of benzene rings is 2. The van der Waals surface area contributed by atoms with Gasteiger partial charge in [0.1, 0.15) is 5.82 Å². The summed E-state index contributed by atoms with van der Waals surface area (Å²) in [4.78, 5) is 13.9. The van der Waals surface area contributed by atoms with Gasteiger partial charge < -0.3 is 10.2 Å². The molecular formula is C20H23ClFN3O3S. The molecule has 156 valence electrons. The first-order valence-corrected chi connectivity index (χ1v) is 11.4. The number of nitrogens with one attached hydrogen (secondary N) is 1. The summed E-state index contributed by atoms with van der Waals surface area (Å²) in [6, 6.07) is 13.0. The van der Waals surface area contributed by atoms with E-state index in [1.54, 1.807) is 42.5 Å². The average molecular weight is 440 g/mol. The Morgan fingerprint density at radius 3 is 2.34 bits per heavy atom. The van der Waals surface area contributed by atoms with Gasteiger partial charge >= 0.3 is 0 Å². The number of amides is 1. The van der Waals surface area contributed by atoms with E-state index in [0.717, 1.165) is 0 Å². The molecule has 1 saturated heterocycles. The molecule has 0 spiro atoms. The molecule has 9 heteroatoms. The van der Waals surface area contributed by atoms with Crippen LogP contribution in [-0.2, 0) is 10.0 Å². The second-order valence-electron chi connectivity index (χ2n) is 6.77. The first-order valence-electron chi connectivity index (χ1n) is 9.38. The summed E-state index contributed by atoms with van der Waals surface area (Å²) < 4.78 is 40.4. The van der Waals surface area contributed by atoms with Crippen LogP contribution in [0.5, 0.6) is 0 Å². The molecule has 0 aliphatic carbocycles. The van der Waals surface area contributed by atoms with Gasteiger partial charge in [0.25, 0.3) is 5.91 Å². The minimum atomic E-state index is -3.42. The second kappa shape index (κ2) is 9.56. The molecule has 2 aromatic carbocycles. The lowest BCUT2D eigenvalue weighted by molar-refractivity contribution is 0.0953. The summed E-state index contributed by atoms with van der Waals surface area (Å²) in [5.41, 5.74) is 0.969. The highest BCUT2D eigenvalue weighted by molar-refractivity contribution is 7.89. The van der Waals surface area contributed by atoms with Crippen molar-refractivity contribution in [2.24, 2.45) is 0 Å². The fourth-order valence-electron chi connectivity index (χ4n) is 3.20. The number of rotatable bonds is 7. The predicted molar refractivity (Wildman–Crippen MR) is 112 cm³/mol. The highest BCUT2D eigenvalue weighted by atomic mass is 35.5. The number of piperazine rings is 1. The Bertz CT molecular complexity index is 946. The molecule has 0 saturated carbocycles. The minimum Gasteiger partial charge on any atom is -0.367 e. The topological polar surface area (TPSA) is 69.7 Å². The number of hydrogen-bond donors (Lipinski definition) is 1. The van der Waals surface area contributed by atoms with Crippen molar-refractivity contribution in [1.82, 2.24) is 9.62 Å². The third kappa shape index (κ3) is 5.68. The molecule has 2 aromatic rings. The van der Waals surface area contributed by atoms with Gasteiger partial charge in [-0.15, -0.1) is 0 Å². The van der Waals surface area contributed by atoms with Gasteiger partial charge in [0.2, 0.25) is 10.0 Å². The van der Waals surface area contributed by atoms with Crippen molar-refractivity contribution < 1.29 is 17.6 Å². The predicted octanol–water partition coefficient (Wildman–Crippen LogP) is 2.75. The van der Waals surface area contributed by atoms with Crippen LogP contribution in [0.25, 0.3) is 0 Å². The van der Waals surface area contributed by atoms with Crippen molar-refractivity contribution in [3.8, 4) is 0 Å². The van der Waals surface area contributed by atoms with Gasteiger partial charge in [-0.05, 0) is 42.8 Å². The maximum Gasteiger partial charge on any atom is 0.251 e. The van der Waals surface area contributed by atoms with Gasteiger partial charge in [-0.2, -0.15) is 4.31 Å². The molecule has 1 heterocycles. The van der Waals surface area contributed by atoms with Gasteiger partial charge in [0.05, 0.1) is 11.4 Å². The zero-order valence-corrected chi connectivity index (χ0v) is 17.4. The first-order chi connectivity index (χ1) is 13.9. The molecule has 1 aliphatic rings. The Labute approximate surface area is 175 Å². The largest absolute Gasteiger partial charge is 0.367 e. The van der Waals surface area contributed by atoms with Crippen LogP contribution in [0.15, 0.2) is 48.5 Å². The van der Waals surface area contributed by atoms with Gasteiger partial charge in [-0.25, -0.2) is 12.8 Å². The van der Waals surface area contributed by atoms with Crippen LogP contribution in [0.2, 0.25) is 5.02 Å². The summed E-state index contributed by atoms with van der Waals surface area (Å²) in [5.74, 6) is -0.619. The average Bonchev–Trinajstić information content (AvgIpc) is 2.72. The minimum absolute atomic E-state index is 0.0480. The molecule has 0 aromatic heterocycles. The number of nitrogens with zero attached hydrogens (tertiary/aromatic N) is 2. The standard InChI is InChI=1S/C20H23ClFN3O3S/c21-17-8-6-16(7-9-17)20(26)23-10-3-15-29(27,28)25-13-11-24(12-14-25)19-5-2-1-4-18(19)22/h1-2,4-9H,3,10-15H2,(H,23,26). The molecule has 0 atom stereocenters. The lowest BCUT2D eigenvalue weighted by Gasteiger charge is -2.35. The monoisotopic (exact) mass is 439 g/mol. The van der Waals surface area contributed by atoms with Crippen molar-refractivity contribution in [3.05, 3.63) is 64.9 Å². The summed E-state index contributed by atoms with van der Waals surface area (Å²) in [7, 11) is -3.42. The maximum absolute atomic E-state index is 13.9. The number of sulfonamides is 1. The van der Waals surface area contributed by atoms with Crippen molar-refractivity contribution in [2.75, 3.05) is 43.4 Å². The normalized spacial score (nSPS) is 15.3. The number of carbonyl (C=O) groups is 1. The second-order valence-corrected chi connectivity index (χ2v) is 9.29. The van der Waals surface area contributed by atoms with Gasteiger partial charge in [-0.1, -0.05) is 23.7 Å². The number of para-hydroxylation sites is 1. The number of hydrogen-bond acceptors (Lipinski definition) is 4. The lowest BCUT2D eigenvalue weighted by Crippen LogP contribution is -2.49. The Morgan fingerprint density at radius 2 is 1.69 bits per heavy atom. The van der Waals surface area contributed by atoms with Crippen LogP contribution in [0, 0.1) is 5.82 Å². The van der Waals surface area contributed by atoms with Gasteiger partial charge in [-0.3, -0.25) is 4.79 Å². The third-order valence-corrected chi connectivity index (χ3v) is 7.00. The van der Waals surface area contributed by atoms with Gasteiger partial charge in [0.15, 0.2) is 0 Å². The van der Waals surface area contributed by atoms with Crippen LogP contribution in [0.1, 0.15) is 16.8 Å². The van der Waals surface area contributed by atoms with E-state index in [0.29, 0.717) is 48.9 Å². The van der Waals surface area contributed by atoms with Crippen LogP contribution in [0.3, 0.4) is 0 Å². The van der Waals surface area contributed by atoms with Crippen molar-refractivity contribution in [3.63, 3.8) is 0 Å². The smallest absolute Gasteiger partial charge is 0.251 e. The highest BCUT2D eigenvalue weighted by Gasteiger charge is 2.27. The fourth-order valence-corrected chi connectivity index (χ4v) is 4.82. The van der Waals surface area contributed by atoms with E-state index in [9.17, 15) is 17.6 Å². The number of carbonyl (C=O) groups excluding carboxylic acids is 1. The van der Waals surface area contributed by atoms with Crippen molar-refractivity contribution in [2.45, 2.75) is 6.42 Å². The molecular weight excluding hydrogens is 417 g/mol. The fraction of sp³-hybridized carbons (Fsp3) is 0.350. The van der Waals surface area contributed by atoms with Crippen LogP contribution in [0.4, 0.5) is 10.1 Å². The zero-order chi connectivity index (χ0) is 20.9. The molecule has 0 radical (unpaired) electrons. The van der Waals surface area contributed by atoms with E-state index >= 15 is 0 Å². The molecule has 6 nitrogen and oxygen atoms in total.